The molecule has 4 nitrogen and oxygen atoms in total. The fourth-order valence-electron chi connectivity index (χ4n) is 3.69. The molecule has 152 valence electrons. The zero-order valence-corrected chi connectivity index (χ0v) is 16.7. The van der Waals surface area contributed by atoms with Gasteiger partial charge in [-0.2, -0.15) is 0 Å². The monoisotopic (exact) mass is 384 g/mol. The van der Waals surface area contributed by atoms with Gasteiger partial charge < -0.3 is 10.2 Å². The van der Waals surface area contributed by atoms with Gasteiger partial charge in [0.25, 0.3) is 0 Å². The maximum absolute atomic E-state index is 12.4. The lowest BCUT2D eigenvalue weighted by molar-refractivity contribution is -0.137. The van der Waals surface area contributed by atoms with Crippen molar-refractivity contribution in [2.24, 2.45) is 5.92 Å². The standard InChI is InChI=1S/C24H32O4/c1-2-3-6-10-21(25)18-12-14-20(15-13-18)24-19(16-17-22(24)26)9-7-4-5-8-11-23(27)28/h4,7,12-17,19,21,24-25H,2-3,5-6,8-11H2,1H3,(H,27,28)/b7-4-/t19-,21+,24-/m0/s1. The van der Waals surface area contributed by atoms with E-state index < -0.39 is 12.1 Å². The number of hydrogen-bond acceptors (Lipinski definition) is 3. The van der Waals surface area contributed by atoms with Gasteiger partial charge in [-0.05, 0) is 48.8 Å². The van der Waals surface area contributed by atoms with E-state index in [4.69, 9.17) is 5.11 Å². The molecule has 0 unspecified atom stereocenters. The van der Waals surface area contributed by atoms with Crippen molar-refractivity contribution in [2.75, 3.05) is 0 Å². The van der Waals surface area contributed by atoms with Crippen molar-refractivity contribution in [3.8, 4) is 0 Å². The van der Waals surface area contributed by atoms with Crippen LogP contribution in [-0.2, 0) is 9.59 Å². The summed E-state index contributed by atoms with van der Waals surface area (Å²) in [4.78, 5) is 22.9. The number of carboxylic acid groups (broad SMARTS) is 1. The van der Waals surface area contributed by atoms with Crippen LogP contribution in [-0.4, -0.2) is 22.0 Å². The summed E-state index contributed by atoms with van der Waals surface area (Å²) >= 11 is 0. The molecule has 1 aromatic carbocycles. The second kappa shape index (κ2) is 11.6. The molecule has 3 atom stereocenters. The van der Waals surface area contributed by atoms with Crippen LogP contribution in [0.5, 0.6) is 0 Å². The number of benzene rings is 1. The molecule has 2 N–H and O–H groups in total. The van der Waals surface area contributed by atoms with Crippen molar-refractivity contribution in [2.45, 2.75) is 70.3 Å². The third kappa shape index (κ3) is 6.75. The largest absolute Gasteiger partial charge is 0.481 e. The van der Waals surface area contributed by atoms with Gasteiger partial charge in [0.15, 0.2) is 5.78 Å². The third-order valence-electron chi connectivity index (χ3n) is 5.34. The maximum atomic E-state index is 12.4. The molecule has 28 heavy (non-hydrogen) atoms. The number of aliphatic carboxylic acids is 1. The predicted octanol–water partition coefficient (Wildman–Crippen LogP) is 5.34. The second-order valence-corrected chi connectivity index (χ2v) is 7.57. The number of carbonyl (C=O) groups is 2. The maximum Gasteiger partial charge on any atom is 0.303 e. The first-order chi connectivity index (χ1) is 13.5. The zero-order chi connectivity index (χ0) is 20.4. The van der Waals surface area contributed by atoms with Crippen molar-refractivity contribution >= 4 is 11.8 Å². The summed E-state index contributed by atoms with van der Waals surface area (Å²) in [7, 11) is 0. The Morgan fingerprint density at radius 1 is 1.14 bits per heavy atom. The molecule has 1 aromatic rings. The molecule has 2 rings (SSSR count). The first kappa shape index (κ1) is 22.1. The van der Waals surface area contributed by atoms with Crippen LogP contribution in [0.3, 0.4) is 0 Å². The van der Waals surface area contributed by atoms with E-state index in [0.717, 1.165) is 49.7 Å². The number of carboxylic acids is 1. The minimum Gasteiger partial charge on any atom is -0.481 e. The Hall–Kier alpha value is -2.20. The third-order valence-corrected chi connectivity index (χ3v) is 5.34. The van der Waals surface area contributed by atoms with Crippen LogP contribution < -0.4 is 0 Å². The summed E-state index contributed by atoms with van der Waals surface area (Å²) in [6.07, 6.45) is 13.6. The molecule has 0 saturated carbocycles. The number of aliphatic hydroxyl groups excluding tert-OH is 1. The lowest BCUT2D eigenvalue weighted by Crippen LogP contribution is -2.13. The molecule has 0 spiro atoms. The van der Waals surface area contributed by atoms with Gasteiger partial charge in [0.05, 0.1) is 12.0 Å². The molecule has 1 aliphatic carbocycles. The van der Waals surface area contributed by atoms with Crippen molar-refractivity contribution in [3.63, 3.8) is 0 Å². The first-order valence-electron chi connectivity index (χ1n) is 10.4. The van der Waals surface area contributed by atoms with E-state index in [1.165, 1.54) is 0 Å². The number of carbonyl (C=O) groups excluding carboxylic acids is 1. The fourth-order valence-corrected chi connectivity index (χ4v) is 3.69. The van der Waals surface area contributed by atoms with Gasteiger partial charge >= 0.3 is 5.97 Å². The molecule has 0 fully saturated rings. The van der Waals surface area contributed by atoms with E-state index in [0.29, 0.717) is 6.42 Å². The normalized spacial score (nSPS) is 20.1. The number of allylic oxidation sites excluding steroid dienone is 4. The van der Waals surface area contributed by atoms with Crippen molar-refractivity contribution in [3.05, 3.63) is 59.7 Å². The van der Waals surface area contributed by atoms with Crippen LogP contribution >= 0.6 is 0 Å². The number of hydrogen-bond donors (Lipinski definition) is 2. The Balaban J connectivity index is 1.91. The number of unbranched alkanes of at least 4 members (excludes halogenated alkanes) is 3. The highest BCUT2D eigenvalue weighted by Gasteiger charge is 2.30. The molecule has 4 heteroatoms. The van der Waals surface area contributed by atoms with Crippen molar-refractivity contribution < 1.29 is 19.8 Å². The SMILES string of the molecule is CCCCC[C@@H](O)c1ccc([C@H]2C(=O)C=C[C@@H]2C/C=C\CCCC(=O)O)cc1. The molecule has 0 aromatic heterocycles. The number of ketones is 1. The summed E-state index contributed by atoms with van der Waals surface area (Å²) in [5, 5.41) is 19.0. The smallest absolute Gasteiger partial charge is 0.303 e. The molecule has 0 aliphatic heterocycles. The van der Waals surface area contributed by atoms with E-state index in [-0.39, 0.29) is 24.0 Å². The van der Waals surface area contributed by atoms with Crippen LogP contribution in [0, 0.1) is 5.92 Å². The molecular weight excluding hydrogens is 352 g/mol. The highest BCUT2D eigenvalue weighted by molar-refractivity contribution is 5.98. The minimum absolute atomic E-state index is 0.125. The zero-order valence-electron chi connectivity index (χ0n) is 16.7. The van der Waals surface area contributed by atoms with E-state index in [1.807, 2.05) is 42.5 Å². The van der Waals surface area contributed by atoms with Gasteiger partial charge in [-0.15, -0.1) is 0 Å². The van der Waals surface area contributed by atoms with Crippen LogP contribution in [0.1, 0.15) is 81.4 Å². The van der Waals surface area contributed by atoms with Crippen LogP contribution in [0.4, 0.5) is 0 Å². The van der Waals surface area contributed by atoms with Crippen molar-refractivity contribution in [1.29, 1.82) is 0 Å². The highest BCUT2D eigenvalue weighted by atomic mass is 16.4. The van der Waals surface area contributed by atoms with Crippen LogP contribution in [0.25, 0.3) is 0 Å². The van der Waals surface area contributed by atoms with Crippen molar-refractivity contribution in [1.82, 2.24) is 0 Å². The summed E-state index contributed by atoms with van der Waals surface area (Å²) in [5.41, 5.74) is 1.90. The summed E-state index contributed by atoms with van der Waals surface area (Å²) < 4.78 is 0. The fraction of sp³-hybridized carbons (Fsp3) is 0.500. The lowest BCUT2D eigenvalue weighted by atomic mass is 9.85. The Bertz CT molecular complexity index is 687. The summed E-state index contributed by atoms with van der Waals surface area (Å²) in [5.74, 6) is -0.684. The summed E-state index contributed by atoms with van der Waals surface area (Å²) in [6.45, 7) is 2.15. The second-order valence-electron chi connectivity index (χ2n) is 7.57. The lowest BCUT2D eigenvalue weighted by Gasteiger charge is -2.18. The molecular formula is C24H32O4. The van der Waals surface area contributed by atoms with E-state index >= 15 is 0 Å². The van der Waals surface area contributed by atoms with E-state index in [1.54, 1.807) is 6.08 Å². The minimum atomic E-state index is -0.767. The molecule has 0 saturated heterocycles. The number of rotatable bonds is 12. The predicted molar refractivity (Wildman–Crippen MR) is 111 cm³/mol. The first-order valence-corrected chi connectivity index (χ1v) is 10.4. The Labute approximate surface area is 168 Å². The molecule has 0 bridgehead atoms. The van der Waals surface area contributed by atoms with Gasteiger partial charge in [-0.1, -0.05) is 68.7 Å². The van der Waals surface area contributed by atoms with Crippen LogP contribution in [0.2, 0.25) is 0 Å². The summed E-state index contributed by atoms with van der Waals surface area (Å²) in [6, 6.07) is 7.82. The van der Waals surface area contributed by atoms with Gasteiger partial charge in [0.1, 0.15) is 0 Å². The molecule has 0 heterocycles. The van der Waals surface area contributed by atoms with Crippen LogP contribution in [0.15, 0.2) is 48.6 Å². The number of aliphatic hydroxyl groups is 1. The van der Waals surface area contributed by atoms with Gasteiger partial charge in [-0.3, -0.25) is 9.59 Å². The van der Waals surface area contributed by atoms with Gasteiger partial charge in [0.2, 0.25) is 0 Å². The average molecular weight is 385 g/mol. The average Bonchev–Trinajstić information content (AvgIpc) is 3.05. The molecule has 0 amide bonds. The molecule has 0 radical (unpaired) electrons. The Kier molecular flexibility index (Phi) is 9.15. The van der Waals surface area contributed by atoms with E-state index in [2.05, 4.69) is 6.92 Å². The quantitative estimate of drug-likeness (QED) is 0.377. The van der Waals surface area contributed by atoms with Gasteiger partial charge in [-0.25, -0.2) is 0 Å². The molecule has 1 aliphatic rings. The Morgan fingerprint density at radius 3 is 2.57 bits per heavy atom. The topological polar surface area (TPSA) is 74.6 Å². The van der Waals surface area contributed by atoms with Gasteiger partial charge in [0, 0.05) is 6.42 Å². The Morgan fingerprint density at radius 2 is 1.89 bits per heavy atom. The van der Waals surface area contributed by atoms with E-state index in [9.17, 15) is 14.7 Å². The highest BCUT2D eigenvalue weighted by Crippen LogP contribution is 2.35.